The third-order valence-corrected chi connectivity index (χ3v) is 9.16. The molecule has 0 aliphatic carbocycles. The Morgan fingerprint density at radius 2 is 1.91 bits per heavy atom. The van der Waals surface area contributed by atoms with Crippen molar-refractivity contribution in [1.29, 1.82) is 5.26 Å². The first-order valence-corrected chi connectivity index (χ1v) is 16.3. The molecule has 46 heavy (non-hydrogen) atoms. The van der Waals surface area contributed by atoms with Gasteiger partial charge < -0.3 is 30.1 Å². The Bertz CT molecular complexity index is 1710. The number of ether oxygens (including phenoxy) is 1. The summed E-state index contributed by atoms with van der Waals surface area (Å²) in [5, 5.41) is 15.7. The number of nitrogens with zero attached hydrogens (tertiary/aromatic N) is 7. The van der Waals surface area contributed by atoms with Crippen molar-refractivity contribution in [2.45, 2.75) is 19.4 Å². The van der Waals surface area contributed by atoms with Crippen LogP contribution in [0.3, 0.4) is 0 Å². The largest absolute Gasteiger partial charge is 0.494 e. The van der Waals surface area contributed by atoms with Gasteiger partial charge in [0.1, 0.15) is 5.75 Å². The summed E-state index contributed by atoms with van der Waals surface area (Å²) < 4.78 is 6.15. The number of aliphatic imine (C=N–C) groups is 1. The molecule has 11 nitrogen and oxygen atoms in total. The number of likely N-dealkylation sites (N-methyl/N-ethyl adjacent to an activating group) is 1. The van der Waals surface area contributed by atoms with Crippen molar-refractivity contribution in [3.05, 3.63) is 88.6 Å². The van der Waals surface area contributed by atoms with Crippen LogP contribution < -0.4 is 20.3 Å². The number of hydrogen-bond acceptors (Lipinski definition) is 9. The molecule has 2 N–H and O–H groups in total. The number of piperazine rings is 1. The van der Waals surface area contributed by atoms with E-state index in [-0.39, 0.29) is 5.91 Å². The molecule has 4 heterocycles. The van der Waals surface area contributed by atoms with E-state index < -0.39 is 0 Å². The predicted octanol–water partition coefficient (Wildman–Crippen LogP) is 4.46. The van der Waals surface area contributed by atoms with Gasteiger partial charge in [-0.3, -0.25) is 9.78 Å². The lowest BCUT2D eigenvalue weighted by Crippen LogP contribution is -2.44. The zero-order chi connectivity index (χ0) is 31.7. The van der Waals surface area contributed by atoms with Gasteiger partial charge >= 0.3 is 0 Å². The lowest BCUT2D eigenvalue weighted by atomic mass is 9.98. The number of rotatable bonds is 10. The number of pyridine rings is 1. The second-order valence-corrected chi connectivity index (χ2v) is 12.4. The average Bonchev–Trinajstić information content (AvgIpc) is 3.75. The van der Waals surface area contributed by atoms with Gasteiger partial charge in [0, 0.05) is 74.1 Å². The Labute approximate surface area is 273 Å². The molecular weight excluding hydrogens is 599 g/mol. The fourth-order valence-corrected chi connectivity index (χ4v) is 6.53. The van der Waals surface area contributed by atoms with Crippen molar-refractivity contribution >= 4 is 34.6 Å². The number of anilines is 2. The molecule has 1 fully saturated rings. The third kappa shape index (κ3) is 7.69. The highest BCUT2D eigenvalue weighted by Crippen LogP contribution is 2.38. The molecule has 0 spiro atoms. The summed E-state index contributed by atoms with van der Waals surface area (Å²) in [5.41, 5.74) is 5.02. The maximum absolute atomic E-state index is 13.6. The molecule has 2 aromatic carbocycles. The van der Waals surface area contributed by atoms with Gasteiger partial charge in [0.2, 0.25) is 12.2 Å². The van der Waals surface area contributed by atoms with E-state index in [0.717, 1.165) is 84.3 Å². The Kier molecular flexibility index (Phi) is 10.1. The molecule has 6 rings (SSSR count). The molecule has 236 valence electrons. The van der Waals surface area contributed by atoms with Crippen molar-refractivity contribution in [2.75, 3.05) is 63.1 Å². The maximum atomic E-state index is 13.6. The number of nitriles is 1. The molecule has 12 heteroatoms. The molecule has 2 aromatic heterocycles. The van der Waals surface area contributed by atoms with Crippen LogP contribution in [0, 0.1) is 11.5 Å². The highest BCUT2D eigenvalue weighted by atomic mass is 32.1. The minimum atomic E-state index is -0.120. The topological polar surface area (TPSA) is 122 Å². The standard InChI is InChI=1S/C34H37N9O2S/c1-41-16-18-42(19-17-41)14-4-20-45-27-6-2-5-25(21-27)29-7-3-8-31-30(29)11-15-43(31)33(44)32-37-22-28(46-32)23-38-34(39-24-35)40-26-9-12-36-13-10-26/h2-3,5-10,12-13,21-22H,4,11,14-20,23H2,1H3,(H2,36,38,39,40). The minimum absolute atomic E-state index is 0.120. The lowest BCUT2D eigenvalue weighted by Gasteiger charge is -2.32. The van der Waals surface area contributed by atoms with Crippen LogP contribution in [0.2, 0.25) is 0 Å². The number of hydrogen-bond donors (Lipinski definition) is 2. The van der Waals surface area contributed by atoms with E-state index in [4.69, 9.17) is 10.00 Å². The van der Waals surface area contributed by atoms with Crippen molar-refractivity contribution in [1.82, 2.24) is 25.1 Å². The van der Waals surface area contributed by atoms with Gasteiger partial charge in [-0.15, -0.1) is 16.3 Å². The summed E-state index contributed by atoms with van der Waals surface area (Å²) in [6.45, 7) is 7.19. The number of thiazole rings is 1. The summed E-state index contributed by atoms with van der Waals surface area (Å²) in [7, 11) is 2.18. The number of carbonyl (C=O) groups is 1. The van der Waals surface area contributed by atoms with E-state index in [1.54, 1.807) is 36.9 Å². The Balaban J connectivity index is 1.07. The molecule has 0 saturated carbocycles. The Morgan fingerprint density at radius 3 is 2.74 bits per heavy atom. The summed E-state index contributed by atoms with van der Waals surface area (Å²) in [4.78, 5) is 33.4. The highest BCUT2D eigenvalue weighted by molar-refractivity contribution is 7.13. The van der Waals surface area contributed by atoms with Crippen molar-refractivity contribution in [3.8, 4) is 23.1 Å². The normalized spacial score (nSPS) is 15.3. The van der Waals surface area contributed by atoms with Crippen molar-refractivity contribution < 1.29 is 9.53 Å². The van der Waals surface area contributed by atoms with Gasteiger partial charge in [-0.1, -0.05) is 24.3 Å². The summed E-state index contributed by atoms with van der Waals surface area (Å²) in [6.07, 6.45) is 8.55. The first-order chi connectivity index (χ1) is 22.6. The second kappa shape index (κ2) is 15.0. The number of nitrogens with one attached hydrogen (secondary N) is 2. The van der Waals surface area contributed by atoms with Crippen molar-refractivity contribution in [2.24, 2.45) is 4.99 Å². The van der Waals surface area contributed by atoms with E-state index in [9.17, 15) is 4.79 Å². The second-order valence-electron chi connectivity index (χ2n) is 11.3. The smallest absolute Gasteiger partial charge is 0.287 e. The van der Waals surface area contributed by atoms with E-state index >= 15 is 0 Å². The van der Waals surface area contributed by atoms with Crippen LogP contribution in [-0.4, -0.2) is 84.6 Å². The van der Waals surface area contributed by atoms with Crippen LogP contribution in [0.25, 0.3) is 11.1 Å². The first-order valence-electron chi connectivity index (χ1n) is 15.5. The average molecular weight is 636 g/mol. The van der Waals surface area contributed by atoms with E-state index in [1.165, 1.54) is 11.3 Å². The lowest BCUT2D eigenvalue weighted by molar-refractivity contribution is 0.0989. The van der Waals surface area contributed by atoms with Crippen LogP contribution in [0.15, 0.2) is 78.2 Å². The van der Waals surface area contributed by atoms with E-state index in [0.29, 0.717) is 30.7 Å². The summed E-state index contributed by atoms with van der Waals surface area (Å²) in [6, 6.07) is 17.9. The molecule has 1 saturated heterocycles. The number of amides is 1. The molecule has 4 aromatic rings. The number of guanidine groups is 1. The molecule has 0 bridgehead atoms. The fourth-order valence-electron chi connectivity index (χ4n) is 5.73. The summed E-state index contributed by atoms with van der Waals surface area (Å²) in [5.74, 6) is 1.05. The van der Waals surface area contributed by atoms with Gasteiger partial charge in [0.05, 0.1) is 13.2 Å². The monoisotopic (exact) mass is 635 g/mol. The van der Waals surface area contributed by atoms with Crippen molar-refractivity contribution in [3.63, 3.8) is 0 Å². The molecule has 0 atom stereocenters. The van der Waals surface area contributed by atoms with E-state index in [1.807, 2.05) is 29.2 Å². The van der Waals surface area contributed by atoms with Crippen LogP contribution >= 0.6 is 11.3 Å². The zero-order valence-electron chi connectivity index (χ0n) is 25.9. The molecule has 1 amide bonds. The molecule has 0 radical (unpaired) electrons. The molecule has 2 aliphatic rings. The number of benzene rings is 2. The Hall–Kier alpha value is -4.83. The third-order valence-electron chi connectivity index (χ3n) is 8.17. The number of fused-ring (bicyclic) bond motifs is 1. The van der Waals surface area contributed by atoms with Gasteiger partial charge in [-0.05, 0) is 66.9 Å². The fraction of sp³-hybridized carbons (Fsp3) is 0.324. The zero-order valence-corrected chi connectivity index (χ0v) is 26.7. The highest BCUT2D eigenvalue weighted by Gasteiger charge is 2.29. The van der Waals surface area contributed by atoms with Crippen LogP contribution in [0.5, 0.6) is 5.75 Å². The molecular formula is C34H37N9O2S. The van der Waals surface area contributed by atoms with Crippen LogP contribution in [0.1, 0.15) is 26.7 Å². The van der Waals surface area contributed by atoms with E-state index in [2.05, 4.69) is 60.6 Å². The van der Waals surface area contributed by atoms with Crippen LogP contribution in [-0.2, 0) is 13.0 Å². The van der Waals surface area contributed by atoms with Gasteiger partial charge in [0.25, 0.3) is 5.91 Å². The molecule has 2 aliphatic heterocycles. The Morgan fingerprint density at radius 1 is 1.09 bits per heavy atom. The van der Waals surface area contributed by atoms with Gasteiger partial charge in [-0.2, -0.15) is 5.26 Å². The number of aromatic nitrogens is 2. The number of carbonyl (C=O) groups excluding carboxylic acids is 1. The van der Waals surface area contributed by atoms with Crippen LogP contribution in [0.4, 0.5) is 11.4 Å². The SMILES string of the molecule is CN1CCN(CCCOc2cccc(-c3cccc4c3CCN4C(=O)c3ncc(CN/C(=N\C#N)Nc4ccncc4)s3)c2)CC1. The maximum Gasteiger partial charge on any atom is 0.287 e. The quantitative estimate of drug-likeness (QED) is 0.113. The predicted molar refractivity (Wildman–Crippen MR) is 181 cm³/mol. The molecule has 0 unspecified atom stereocenters. The minimum Gasteiger partial charge on any atom is -0.494 e. The first kappa shape index (κ1) is 31.2. The summed E-state index contributed by atoms with van der Waals surface area (Å²) >= 11 is 1.33. The van der Waals surface area contributed by atoms with Gasteiger partial charge in [-0.25, -0.2) is 4.98 Å². The van der Waals surface area contributed by atoms with Gasteiger partial charge in [0.15, 0.2) is 5.01 Å².